The fourth-order valence-electron chi connectivity index (χ4n) is 1.35. The summed E-state index contributed by atoms with van der Waals surface area (Å²) in [5.41, 5.74) is 1.45. The lowest BCUT2D eigenvalue weighted by atomic mass is 10.1. The van der Waals surface area contributed by atoms with Crippen molar-refractivity contribution in [3.8, 4) is 11.5 Å². The van der Waals surface area contributed by atoms with Crippen molar-refractivity contribution >= 4 is 5.71 Å². The van der Waals surface area contributed by atoms with Gasteiger partial charge in [-0.15, -0.1) is 0 Å². The average molecular weight is 209 g/mol. The second kappa shape index (κ2) is 5.24. The highest BCUT2D eigenvalue weighted by Gasteiger charge is 2.07. The summed E-state index contributed by atoms with van der Waals surface area (Å²) in [4.78, 5) is 0. The molecule has 1 N–H and O–H groups in total. The minimum Gasteiger partial charge on any atom is -0.493 e. The lowest BCUT2D eigenvalue weighted by Crippen LogP contribution is -2.00. The summed E-state index contributed by atoms with van der Waals surface area (Å²) in [5.74, 6) is 1.29. The molecule has 1 aromatic carbocycles. The van der Waals surface area contributed by atoms with Crippen LogP contribution in [0.25, 0.3) is 0 Å². The van der Waals surface area contributed by atoms with Crippen LogP contribution in [0.3, 0.4) is 0 Å². The van der Waals surface area contributed by atoms with E-state index in [1.807, 2.05) is 13.0 Å². The minimum absolute atomic E-state index is 0.621. The van der Waals surface area contributed by atoms with Gasteiger partial charge >= 0.3 is 0 Å². The Morgan fingerprint density at radius 2 is 1.93 bits per heavy atom. The van der Waals surface area contributed by atoms with Crippen molar-refractivity contribution in [2.45, 2.75) is 13.3 Å². The SMILES string of the molecule is CC/C(=N\O)c1ccc(OC)c(OC)c1. The van der Waals surface area contributed by atoms with E-state index in [1.54, 1.807) is 26.4 Å². The van der Waals surface area contributed by atoms with Gasteiger partial charge < -0.3 is 14.7 Å². The molecule has 0 aliphatic heterocycles. The van der Waals surface area contributed by atoms with E-state index < -0.39 is 0 Å². The highest BCUT2D eigenvalue weighted by Crippen LogP contribution is 2.28. The van der Waals surface area contributed by atoms with Crippen LogP contribution in [0.15, 0.2) is 23.4 Å². The third-order valence-electron chi connectivity index (χ3n) is 2.17. The molecule has 1 aromatic rings. The first kappa shape index (κ1) is 11.4. The summed E-state index contributed by atoms with van der Waals surface area (Å²) in [6, 6.07) is 5.41. The second-order valence-electron chi connectivity index (χ2n) is 2.97. The van der Waals surface area contributed by atoms with Crippen molar-refractivity contribution in [3.63, 3.8) is 0 Å². The van der Waals surface area contributed by atoms with Gasteiger partial charge in [0.05, 0.1) is 19.9 Å². The molecule has 4 nitrogen and oxygen atoms in total. The molecule has 0 aliphatic rings. The van der Waals surface area contributed by atoms with Gasteiger partial charge in [-0.25, -0.2) is 0 Å². The highest BCUT2D eigenvalue weighted by molar-refractivity contribution is 6.00. The molecule has 0 saturated carbocycles. The molecule has 0 aliphatic carbocycles. The van der Waals surface area contributed by atoms with E-state index >= 15 is 0 Å². The van der Waals surface area contributed by atoms with Gasteiger partial charge in [0.1, 0.15) is 0 Å². The number of rotatable bonds is 4. The zero-order valence-corrected chi connectivity index (χ0v) is 9.15. The van der Waals surface area contributed by atoms with Gasteiger partial charge in [0, 0.05) is 5.56 Å². The van der Waals surface area contributed by atoms with Gasteiger partial charge in [-0.1, -0.05) is 12.1 Å². The maximum Gasteiger partial charge on any atom is 0.161 e. The fourth-order valence-corrected chi connectivity index (χ4v) is 1.35. The summed E-state index contributed by atoms with van der Waals surface area (Å²) in [5, 5.41) is 12.0. The first-order valence-electron chi connectivity index (χ1n) is 4.70. The van der Waals surface area contributed by atoms with Crippen LogP contribution in [0.4, 0.5) is 0 Å². The molecule has 0 bridgehead atoms. The van der Waals surface area contributed by atoms with E-state index in [1.165, 1.54) is 0 Å². The Kier molecular flexibility index (Phi) is 3.97. The number of hydrogen-bond acceptors (Lipinski definition) is 4. The van der Waals surface area contributed by atoms with Crippen LogP contribution in [0.2, 0.25) is 0 Å². The standard InChI is InChI=1S/C11H15NO3/c1-4-9(12-13)8-5-6-10(14-2)11(7-8)15-3/h5-7,13H,4H2,1-3H3/b12-9+. The third-order valence-corrected chi connectivity index (χ3v) is 2.17. The van der Waals surface area contributed by atoms with Crippen LogP contribution in [0, 0.1) is 0 Å². The molecule has 4 heteroatoms. The molecule has 0 saturated heterocycles. The molecule has 82 valence electrons. The van der Waals surface area contributed by atoms with Gasteiger partial charge in [0.15, 0.2) is 11.5 Å². The summed E-state index contributed by atoms with van der Waals surface area (Å²) in [7, 11) is 3.15. The van der Waals surface area contributed by atoms with Gasteiger partial charge in [0.2, 0.25) is 0 Å². The van der Waals surface area contributed by atoms with Crippen molar-refractivity contribution in [3.05, 3.63) is 23.8 Å². The van der Waals surface area contributed by atoms with Crippen LogP contribution >= 0.6 is 0 Å². The fraction of sp³-hybridized carbons (Fsp3) is 0.364. The Balaban J connectivity index is 3.13. The van der Waals surface area contributed by atoms with E-state index in [2.05, 4.69) is 5.16 Å². The first-order valence-corrected chi connectivity index (χ1v) is 4.70. The number of oxime groups is 1. The highest BCUT2D eigenvalue weighted by atomic mass is 16.5. The van der Waals surface area contributed by atoms with Crippen molar-refractivity contribution in [2.75, 3.05) is 14.2 Å². The van der Waals surface area contributed by atoms with Crippen molar-refractivity contribution < 1.29 is 14.7 Å². The molecule has 0 amide bonds. The van der Waals surface area contributed by atoms with E-state index in [0.29, 0.717) is 23.6 Å². The lowest BCUT2D eigenvalue weighted by molar-refractivity contribution is 0.318. The monoisotopic (exact) mass is 209 g/mol. The minimum atomic E-state index is 0.621. The molecule has 15 heavy (non-hydrogen) atoms. The van der Waals surface area contributed by atoms with E-state index in [4.69, 9.17) is 14.7 Å². The first-order chi connectivity index (χ1) is 7.26. The number of ether oxygens (including phenoxy) is 2. The number of hydrogen-bond donors (Lipinski definition) is 1. The Morgan fingerprint density at radius 3 is 2.40 bits per heavy atom. The number of benzene rings is 1. The predicted molar refractivity (Wildman–Crippen MR) is 58.2 cm³/mol. The Morgan fingerprint density at radius 1 is 1.27 bits per heavy atom. The lowest BCUT2D eigenvalue weighted by Gasteiger charge is -2.09. The van der Waals surface area contributed by atoms with Crippen molar-refractivity contribution in [2.24, 2.45) is 5.16 Å². The van der Waals surface area contributed by atoms with Crippen LogP contribution in [0.1, 0.15) is 18.9 Å². The summed E-state index contributed by atoms with van der Waals surface area (Å²) in [6.07, 6.45) is 0.659. The van der Waals surface area contributed by atoms with Crippen LogP contribution in [0.5, 0.6) is 11.5 Å². The molecule has 0 radical (unpaired) electrons. The largest absolute Gasteiger partial charge is 0.493 e. The summed E-state index contributed by atoms with van der Waals surface area (Å²) < 4.78 is 10.3. The predicted octanol–water partition coefficient (Wildman–Crippen LogP) is 2.29. The van der Waals surface area contributed by atoms with Gasteiger partial charge in [-0.3, -0.25) is 0 Å². The number of methoxy groups -OCH3 is 2. The normalized spacial score (nSPS) is 11.3. The average Bonchev–Trinajstić information content (AvgIpc) is 2.30. The van der Waals surface area contributed by atoms with Crippen LogP contribution < -0.4 is 9.47 Å². The maximum atomic E-state index is 8.79. The Hall–Kier alpha value is -1.71. The third kappa shape index (κ3) is 2.40. The quantitative estimate of drug-likeness (QED) is 0.470. The van der Waals surface area contributed by atoms with Crippen molar-refractivity contribution in [1.82, 2.24) is 0 Å². The topological polar surface area (TPSA) is 51.1 Å². The molecule has 0 atom stereocenters. The summed E-state index contributed by atoms with van der Waals surface area (Å²) in [6.45, 7) is 1.92. The van der Waals surface area contributed by atoms with Crippen LogP contribution in [-0.2, 0) is 0 Å². The summed E-state index contributed by atoms with van der Waals surface area (Å²) >= 11 is 0. The molecular weight excluding hydrogens is 194 g/mol. The molecule has 0 unspecified atom stereocenters. The van der Waals surface area contributed by atoms with E-state index in [9.17, 15) is 0 Å². The number of nitrogens with zero attached hydrogens (tertiary/aromatic N) is 1. The Labute approximate surface area is 89.1 Å². The molecule has 1 rings (SSSR count). The Bertz CT molecular complexity index is 361. The zero-order valence-electron chi connectivity index (χ0n) is 9.15. The van der Waals surface area contributed by atoms with Gasteiger partial charge in [-0.2, -0.15) is 0 Å². The molecular formula is C11H15NO3. The van der Waals surface area contributed by atoms with E-state index in [0.717, 1.165) is 5.56 Å². The molecule has 0 fully saturated rings. The van der Waals surface area contributed by atoms with Gasteiger partial charge in [-0.05, 0) is 24.6 Å². The molecule has 0 spiro atoms. The van der Waals surface area contributed by atoms with E-state index in [-0.39, 0.29) is 0 Å². The van der Waals surface area contributed by atoms with Crippen LogP contribution in [-0.4, -0.2) is 25.1 Å². The van der Waals surface area contributed by atoms with Gasteiger partial charge in [0.25, 0.3) is 0 Å². The second-order valence-corrected chi connectivity index (χ2v) is 2.97. The molecule has 0 aromatic heterocycles. The zero-order chi connectivity index (χ0) is 11.3. The van der Waals surface area contributed by atoms with Crippen molar-refractivity contribution in [1.29, 1.82) is 0 Å². The smallest absolute Gasteiger partial charge is 0.161 e. The maximum absolute atomic E-state index is 8.79. The molecule has 0 heterocycles.